The molecule has 0 bridgehead atoms. The highest BCUT2D eigenvalue weighted by molar-refractivity contribution is 5.94. The summed E-state index contributed by atoms with van der Waals surface area (Å²) in [6.07, 6.45) is 0.778. The van der Waals surface area contributed by atoms with Crippen LogP contribution in [-0.4, -0.2) is 18.0 Å². The van der Waals surface area contributed by atoms with Gasteiger partial charge in [0.25, 0.3) is 5.91 Å². The Kier molecular flexibility index (Phi) is 3.99. The standard InChI is InChI=1S/C14H20N2O2/c1-9(15)5-10(2)16-14(17)11-3-4-12-7-18-8-13(12)6-11/h3-4,6,9-10H,5,7-8,15H2,1-2H3,(H,16,17). The molecule has 0 fully saturated rings. The van der Waals surface area contributed by atoms with Crippen LogP contribution >= 0.6 is 0 Å². The van der Waals surface area contributed by atoms with E-state index < -0.39 is 0 Å². The number of ether oxygens (including phenoxy) is 1. The molecule has 3 N–H and O–H groups in total. The van der Waals surface area contributed by atoms with E-state index >= 15 is 0 Å². The second kappa shape index (κ2) is 5.50. The van der Waals surface area contributed by atoms with E-state index in [0.717, 1.165) is 12.0 Å². The first-order valence-corrected chi connectivity index (χ1v) is 6.32. The molecule has 1 amide bonds. The Morgan fingerprint density at radius 1 is 1.39 bits per heavy atom. The second-order valence-corrected chi connectivity index (χ2v) is 5.06. The van der Waals surface area contributed by atoms with Crippen LogP contribution in [0.2, 0.25) is 0 Å². The predicted octanol–water partition coefficient (Wildman–Crippen LogP) is 1.57. The molecule has 1 aromatic rings. The van der Waals surface area contributed by atoms with Gasteiger partial charge in [0.15, 0.2) is 0 Å². The maximum absolute atomic E-state index is 12.0. The predicted molar refractivity (Wildman–Crippen MR) is 70.1 cm³/mol. The molecule has 0 aliphatic carbocycles. The molecule has 2 atom stereocenters. The summed E-state index contributed by atoms with van der Waals surface area (Å²) < 4.78 is 5.34. The van der Waals surface area contributed by atoms with Gasteiger partial charge in [-0.15, -0.1) is 0 Å². The Morgan fingerprint density at radius 2 is 2.11 bits per heavy atom. The third-order valence-electron chi connectivity index (χ3n) is 3.09. The van der Waals surface area contributed by atoms with E-state index in [1.54, 1.807) is 0 Å². The average Bonchev–Trinajstić information content (AvgIpc) is 2.74. The Labute approximate surface area is 108 Å². The first-order valence-electron chi connectivity index (χ1n) is 6.32. The van der Waals surface area contributed by atoms with E-state index in [-0.39, 0.29) is 18.0 Å². The summed E-state index contributed by atoms with van der Waals surface area (Å²) in [7, 11) is 0. The van der Waals surface area contributed by atoms with E-state index in [1.165, 1.54) is 5.56 Å². The van der Waals surface area contributed by atoms with Crippen molar-refractivity contribution < 1.29 is 9.53 Å². The van der Waals surface area contributed by atoms with Gasteiger partial charge in [0.05, 0.1) is 13.2 Å². The molecule has 4 nitrogen and oxygen atoms in total. The summed E-state index contributed by atoms with van der Waals surface area (Å²) in [4.78, 5) is 12.0. The van der Waals surface area contributed by atoms with Gasteiger partial charge in [0.2, 0.25) is 0 Å². The molecule has 18 heavy (non-hydrogen) atoms. The fraction of sp³-hybridized carbons (Fsp3) is 0.500. The highest BCUT2D eigenvalue weighted by Crippen LogP contribution is 2.20. The molecule has 2 unspecified atom stereocenters. The first-order chi connectivity index (χ1) is 8.56. The molecule has 1 aromatic carbocycles. The molecule has 0 radical (unpaired) electrons. The summed E-state index contributed by atoms with van der Waals surface area (Å²) in [5.74, 6) is -0.0437. The lowest BCUT2D eigenvalue weighted by Gasteiger charge is -2.16. The number of carbonyl (C=O) groups is 1. The topological polar surface area (TPSA) is 64.3 Å². The molecular weight excluding hydrogens is 228 g/mol. The Balaban J connectivity index is 2.01. The maximum Gasteiger partial charge on any atom is 0.251 e. The molecule has 2 rings (SSSR count). The van der Waals surface area contributed by atoms with Crippen molar-refractivity contribution in [2.45, 2.75) is 45.6 Å². The zero-order chi connectivity index (χ0) is 13.1. The average molecular weight is 248 g/mol. The van der Waals surface area contributed by atoms with Crippen molar-refractivity contribution in [1.82, 2.24) is 5.32 Å². The van der Waals surface area contributed by atoms with Gasteiger partial charge in [-0.05, 0) is 43.5 Å². The normalized spacial score (nSPS) is 17.1. The lowest BCUT2D eigenvalue weighted by atomic mass is 10.1. The lowest BCUT2D eigenvalue weighted by Crippen LogP contribution is -2.36. The van der Waals surface area contributed by atoms with Gasteiger partial charge in [-0.25, -0.2) is 0 Å². The Hall–Kier alpha value is -1.39. The SMILES string of the molecule is CC(N)CC(C)NC(=O)c1ccc2c(c1)COC2. The van der Waals surface area contributed by atoms with Crippen molar-refractivity contribution >= 4 is 5.91 Å². The van der Waals surface area contributed by atoms with Crippen LogP contribution < -0.4 is 11.1 Å². The molecule has 0 saturated heterocycles. The van der Waals surface area contributed by atoms with Gasteiger partial charge < -0.3 is 15.8 Å². The van der Waals surface area contributed by atoms with E-state index in [2.05, 4.69) is 5.32 Å². The van der Waals surface area contributed by atoms with E-state index in [0.29, 0.717) is 18.8 Å². The molecule has 1 aliphatic heterocycles. The van der Waals surface area contributed by atoms with Crippen LogP contribution in [0.1, 0.15) is 41.8 Å². The van der Waals surface area contributed by atoms with Crippen molar-refractivity contribution in [1.29, 1.82) is 0 Å². The maximum atomic E-state index is 12.0. The summed E-state index contributed by atoms with van der Waals surface area (Å²) in [6, 6.07) is 5.90. The van der Waals surface area contributed by atoms with Crippen molar-refractivity contribution in [3.05, 3.63) is 34.9 Å². The third-order valence-corrected chi connectivity index (χ3v) is 3.09. The molecule has 0 saturated carbocycles. The number of benzene rings is 1. The van der Waals surface area contributed by atoms with Crippen LogP contribution in [0.25, 0.3) is 0 Å². The van der Waals surface area contributed by atoms with Crippen LogP contribution in [0, 0.1) is 0 Å². The second-order valence-electron chi connectivity index (χ2n) is 5.06. The zero-order valence-electron chi connectivity index (χ0n) is 10.9. The number of fused-ring (bicyclic) bond motifs is 1. The number of hydrogen-bond donors (Lipinski definition) is 2. The largest absolute Gasteiger partial charge is 0.372 e. The van der Waals surface area contributed by atoms with Gasteiger partial charge in [-0.3, -0.25) is 4.79 Å². The molecule has 0 aromatic heterocycles. The summed E-state index contributed by atoms with van der Waals surface area (Å²) in [6.45, 7) is 5.16. The van der Waals surface area contributed by atoms with E-state index in [4.69, 9.17) is 10.5 Å². The molecule has 1 heterocycles. The summed E-state index contributed by atoms with van der Waals surface area (Å²) >= 11 is 0. The van der Waals surface area contributed by atoms with Gasteiger partial charge in [0.1, 0.15) is 0 Å². The summed E-state index contributed by atoms with van der Waals surface area (Å²) in [5.41, 5.74) is 8.69. The molecule has 1 aliphatic rings. The fourth-order valence-electron chi connectivity index (χ4n) is 2.24. The van der Waals surface area contributed by atoms with Crippen molar-refractivity contribution in [3.63, 3.8) is 0 Å². The Morgan fingerprint density at radius 3 is 2.83 bits per heavy atom. The van der Waals surface area contributed by atoms with Crippen LogP contribution in [0.4, 0.5) is 0 Å². The van der Waals surface area contributed by atoms with E-state index in [1.807, 2.05) is 32.0 Å². The fourth-order valence-corrected chi connectivity index (χ4v) is 2.24. The monoisotopic (exact) mass is 248 g/mol. The van der Waals surface area contributed by atoms with Gasteiger partial charge >= 0.3 is 0 Å². The van der Waals surface area contributed by atoms with Gasteiger partial charge in [-0.2, -0.15) is 0 Å². The highest BCUT2D eigenvalue weighted by Gasteiger charge is 2.15. The molecule has 4 heteroatoms. The zero-order valence-corrected chi connectivity index (χ0v) is 10.9. The minimum absolute atomic E-state index is 0.0437. The number of rotatable bonds is 4. The number of carbonyl (C=O) groups excluding carboxylic acids is 1. The van der Waals surface area contributed by atoms with Crippen molar-refractivity contribution in [2.24, 2.45) is 5.73 Å². The van der Waals surface area contributed by atoms with Crippen LogP contribution in [0.5, 0.6) is 0 Å². The molecular formula is C14H20N2O2. The molecule has 0 spiro atoms. The minimum Gasteiger partial charge on any atom is -0.372 e. The minimum atomic E-state index is -0.0437. The summed E-state index contributed by atoms with van der Waals surface area (Å²) in [5, 5.41) is 2.96. The highest BCUT2D eigenvalue weighted by atomic mass is 16.5. The number of nitrogens with one attached hydrogen (secondary N) is 1. The molecule has 98 valence electrons. The number of amides is 1. The quantitative estimate of drug-likeness (QED) is 0.850. The number of nitrogens with two attached hydrogens (primary N) is 1. The van der Waals surface area contributed by atoms with Crippen LogP contribution in [0.3, 0.4) is 0 Å². The van der Waals surface area contributed by atoms with Crippen molar-refractivity contribution in [2.75, 3.05) is 0 Å². The Bertz CT molecular complexity index is 443. The first kappa shape index (κ1) is 13.1. The van der Waals surface area contributed by atoms with Gasteiger partial charge in [0, 0.05) is 17.6 Å². The van der Waals surface area contributed by atoms with Gasteiger partial charge in [-0.1, -0.05) is 6.07 Å². The van der Waals surface area contributed by atoms with Crippen LogP contribution in [-0.2, 0) is 18.0 Å². The smallest absolute Gasteiger partial charge is 0.251 e. The number of hydrogen-bond acceptors (Lipinski definition) is 3. The van der Waals surface area contributed by atoms with Crippen LogP contribution in [0.15, 0.2) is 18.2 Å². The van der Waals surface area contributed by atoms with E-state index in [9.17, 15) is 4.79 Å². The lowest BCUT2D eigenvalue weighted by molar-refractivity contribution is 0.0937. The van der Waals surface area contributed by atoms with Crippen molar-refractivity contribution in [3.8, 4) is 0 Å². The third kappa shape index (κ3) is 3.09.